The van der Waals surface area contributed by atoms with Gasteiger partial charge in [-0.1, -0.05) is 41.9 Å². The number of carbonyl (C=O) groups excluding carboxylic acids is 2. The summed E-state index contributed by atoms with van der Waals surface area (Å²) < 4.78 is 0. The molecule has 1 aliphatic rings. The van der Waals surface area contributed by atoms with E-state index in [1.165, 1.54) is 5.01 Å². The van der Waals surface area contributed by atoms with Crippen LogP contribution in [-0.4, -0.2) is 54.1 Å². The predicted octanol–water partition coefficient (Wildman–Crippen LogP) is 2.85. The molecule has 0 radical (unpaired) electrons. The van der Waals surface area contributed by atoms with E-state index in [2.05, 4.69) is 10.4 Å². The highest BCUT2D eigenvalue weighted by atomic mass is 35.5. The van der Waals surface area contributed by atoms with E-state index < -0.39 is 0 Å². The Morgan fingerprint density at radius 2 is 1.81 bits per heavy atom. The maximum Gasteiger partial charge on any atom is 0.256 e. The Morgan fingerprint density at radius 1 is 1.11 bits per heavy atom. The molecule has 2 aromatic carbocycles. The number of likely N-dealkylation sites (N-methyl/N-ethyl adjacent to an activating group) is 1. The normalized spacial score (nSPS) is 13.6. The van der Waals surface area contributed by atoms with Gasteiger partial charge in [-0.05, 0) is 36.9 Å². The lowest BCUT2D eigenvalue weighted by Gasteiger charge is -2.18. The molecule has 0 saturated heterocycles. The maximum atomic E-state index is 12.4. The Balaban J connectivity index is 1.49. The van der Waals surface area contributed by atoms with Gasteiger partial charge in [-0.15, -0.1) is 0 Å². The summed E-state index contributed by atoms with van der Waals surface area (Å²) in [7, 11) is 1.73. The van der Waals surface area contributed by atoms with Crippen LogP contribution in [-0.2, 0) is 9.59 Å². The number of carbonyl (C=O) groups is 2. The van der Waals surface area contributed by atoms with E-state index in [0.717, 1.165) is 17.7 Å². The van der Waals surface area contributed by atoms with Crippen molar-refractivity contribution in [3.05, 3.63) is 65.2 Å². The van der Waals surface area contributed by atoms with Crippen molar-refractivity contribution in [1.82, 2.24) is 9.91 Å². The molecule has 2 aromatic rings. The van der Waals surface area contributed by atoms with E-state index >= 15 is 0 Å². The molecular weight excluding hydrogens is 364 g/mol. The largest absolute Gasteiger partial charge is 0.325 e. The quantitative estimate of drug-likeness (QED) is 0.832. The molecule has 0 fully saturated rings. The lowest BCUT2D eigenvalue weighted by atomic mass is 10.1. The predicted molar refractivity (Wildman–Crippen MR) is 107 cm³/mol. The summed E-state index contributed by atoms with van der Waals surface area (Å²) in [4.78, 5) is 26.2. The van der Waals surface area contributed by atoms with Crippen LogP contribution in [0.2, 0.25) is 5.02 Å². The van der Waals surface area contributed by atoms with Gasteiger partial charge in [0, 0.05) is 17.1 Å². The summed E-state index contributed by atoms with van der Waals surface area (Å²) in [6, 6.07) is 16.7. The Morgan fingerprint density at radius 3 is 2.52 bits per heavy atom. The zero-order valence-electron chi connectivity index (χ0n) is 15.1. The standard InChI is InChI=1S/C20H21ClN4O2/c1-24(13-19(26)22-17-9-7-16(21)8-10-17)14-20(27)25-12-11-18(23-25)15-5-3-2-4-6-15/h2-10H,11-14H2,1H3,(H,22,26). The molecule has 0 aliphatic carbocycles. The third-order valence-corrected chi connectivity index (χ3v) is 4.40. The van der Waals surface area contributed by atoms with Gasteiger partial charge in [0.05, 0.1) is 25.3 Å². The third kappa shape index (κ3) is 5.39. The zero-order chi connectivity index (χ0) is 19.2. The van der Waals surface area contributed by atoms with Crippen LogP contribution in [0.3, 0.4) is 0 Å². The fraction of sp³-hybridized carbons (Fsp3) is 0.250. The van der Waals surface area contributed by atoms with Crippen molar-refractivity contribution in [2.45, 2.75) is 6.42 Å². The second-order valence-corrected chi connectivity index (χ2v) is 6.84. The number of hydrogen-bond donors (Lipinski definition) is 1. The molecule has 0 bridgehead atoms. The Labute approximate surface area is 163 Å². The summed E-state index contributed by atoms with van der Waals surface area (Å²) in [6.07, 6.45) is 0.733. The smallest absolute Gasteiger partial charge is 0.256 e. The number of rotatable bonds is 6. The van der Waals surface area contributed by atoms with Gasteiger partial charge in [0.25, 0.3) is 5.91 Å². The molecule has 1 aliphatic heterocycles. The van der Waals surface area contributed by atoms with Crippen LogP contribution >= 0.6 is 11.6 Å². The summed E-state index contributed by atoms with van der Waals surface area (Å²) in [6.45, 7) is 0.797. The minimum absolute atomic E-state index is 0.109. The number of benzene rings is 2. The van der Waals surface area contributed by atoms with Gasteiger partial charge in [0.15, 0.2) is 0 Å². The number of halogens is 1. The van der Waals surface area contributed by atoms with Crippen molar-refractivity contribution in [3.63, 3.8) is 0 Å². The Bertz CT molecular complexity index is 837. The molecule has 27 heavy (non-hydrogen) atoms. The molecule has 0 saturated carbocycles. The monoisotopic (exact) mass is 384 g/mol. The topological polar surface area (TPSA) is 65.0 Å². The minimum atomic E-state index is -0.192. The van der Waals surface area contributed by atoms with Gasteiger partial charge in [-0.3, -0.25) is 14.5 Å². The van der Waals surface area contributed by atoms with Crippen LogP contribution in [0.5, 0.6) is 0 Å². The lowest BCUT2D eigenvalue weighted by molar-refractivity contribution is -0.132. The van der Waals surface area contributed by atoms with Crippen LogP contribution in [0.25, 0.3) is 0 Å². The fourth-order valence-corrected chi connectivity index (χ4v) is 2.94. The second-order valence-electron chi connectivity index (χ2n) is 6.41. The van der Waals surface area contributed by atoms with Crippen LogP contribution < -0.4 is 5.32 Å². The molecule has 0 aromatic heterocycles. The van der Waals surface area contributed by atoms with E-state index in [1.54, 1.807) is 36.2 Å². The van der Waals surface area contributed by atoms with Crippen LogP contribution in [0.15, 0.2) is 59.7 Å². The third-order valence-electron chi connectivity index (χ3n) is 4.14. The fourth-order valence-electron chi connectivity index (χ4n) is 2.82. The second kappa shape index (κ2) is 8.79. The number of amides is 2. The van der Waals surface area contributed by atoms with E-state index in [1.807, 2.05) is 30.3 Å². The highest BCUT2D eigenvalue weighted by Crippen LogP contribution is 2.15. The summed E-state index contributed by atoms with van der Waals surface area (Å²) in [5.74, 6) is -0.315. The molecule has 2 amide bonds. The summed E-state index contributed by atoms with van der Waals surface area (Å²) in [5.41, 5.74) is 2.61. The summed E-state index contributed by atoms with van der Waals surface area (Å²) >= 11 is 5.83. The van der Waals surface area contributed by atoms with E-state index in [9.17, 15) is 9.59 Å². The molecular formula is C20H21ClN4O2. The van der Waals surface area contributed by atoms with Crippen molar-refractivity contribution < 1.29 is 9.59 Å². The van der Waals surface area contributed by atoms with Crippen molar-refractivity contribution in [2.24, 2.45) is 5.10 Å². The minimum Gasteiger partial charge on any atom is -0.325 e. The van der Waals surface area contributed by atoms with E-state index in [4.69, 9.17) is 11.6 Å². The number of anilines is 1. The highest BCUT2D eigenvalue weighted by molar-refractivity contribution is 6.30. The van der Waals surface area contributed by atoms with Crippen molar-refractivity contribution in [1.29, 1.82) is 0 Å². The Hall–Kier alpha value is -2.70. The molecule has 6 nitrogen and oxygen atoms in total. The van der Waals surface area contributed by atoms with Crippen molar-refractivity contribution in [3.8, 4) is 0 Å². The average Bonchev–Trinajstić information content (AvgIpc) is 3.14. The molecule has 0 spiro atoms. The molecule has 3 rings (SSSR count). The number of nitrogens with zero attached hydrogens (tertiary/aromatic N) is 3. The molecule has 140 valence electrons. The highest BCUT2D eigenvalue weighted by Gasteiger charge is 2.22. The molecule has 1 N–H and O–H groups in total. The summed E-state index contributed by atoms with van der Waals surface area (Å²) in [5, 5.41) is 9.30. The first-order valence-electron chi connectivity index (χ1n) is 8.68. The van der Waals surface area contributed by atoms with Crippen LogP contribution in [0.4, 0.5) is 5.69 Å². The number of hydrogen-bond acceptors (Lipinski definition) is 4. The number of hydrazone groups is 1. The lowest BCUT2D eigenvalue weighted by Crippen LogP contribution is -2.38. The van der Waals surface area contributed by atoms with Gasteiger partial charge in [-0.2, -0.15) is 5.10 Å². The maximum absolute atomic E-state index is 12.4. The Kier molecular flexibility index (Phi) is 6.21. The molecule has 7 heteroatoms. The van der Waals surface area contributed by atoms with Gasteiger partial charge in [0.2, 0.25) is 5.91 Å². The van der Waals surface area contributed by atoms with Gasteiger partial charge >= 0.3 is 0 Å². The SMILES string of the molecule is CN(CC(=O)Nc1ccc(Cl)cc1)CC(=O)N1CCC(c2ccccc2)=N1. The molecule has 0 atom stereocenters. The van der Waals surface area contributed by atoms with Crippen LogP contribution in [0.1, 0.15) is 12.0 Å². The van der Waals surface area contributed by atoms with Crippen LogP contribution in [0, 0.1) is 0 Å². The van der Waals surface area contributed by atoms with Gasteiger partial charge in [-0.25, -0.2) is 5.01 Å². The first kappa shape index (κ1) is 19.1. The number of nitrogens with one attached hydrogen (secondary N) is 1. The van der Waals surface area contributed by atoms with Crippen molar-refractivity contribution in [2.75, 3.05) is 32.0 Å². The average molecular weight is 385 g/mol. The van der Waals surface area contributed by atoms with E-state index in [0.29, 0.717) is 17.3 Å². The molecule has 1 heterocycles. The first-order valence-corrected chi connectivity index (χ1v) is 9.06. The molecule has 0 unspecified atom stereocenters. The van der Waals surface area contributed by atoms with Gasteiger partial charge < -0.3 is 5.32 Å². The zero-order valence-corrected chi connectivity index (χ0v) is 15.8. The van der Waals surface area contributed by atoms with Crippen molar-refractivity contribution >= 4 is 34.8 Å². The van der Waals surface area contributed by atoms with Gasteiger partial charge in [0.1, 0.15) is 0 Å². The first-order chi connectivity index (χ1) is 13.0. The van der Waals surface area contributed by atoms with E-state index in [-0.39, 0.29) is 24.9 Å².